The monoisotopic (exact) mass is 604 g/mol. The highest BCUT2D eigenvalue weighted by atomic mass is 127. The molecule has 188 valence electrons. The lowest BCUT2D eigenvalue weighted by molar-refractivity contribution is -0.131. The van der Waals surface area contributed by atoms with Gasteiger partial charge in [0.05, 0.1) is 15.7 Å². The van der Waals surface area contributed by atoms with Crippen molar-refractivity contribution in [1.82, 2.24) is 10.2 Å². The number of hydrogen-bond acceptors (Lipinski definition) is 6. The molecule has 2 N–H and O–H groups in total. The Labute approximate surface area is 221 Å². The molecule has 2 aromatic carbocycles. The number of rotatable bonds is 8. The van der Waals surface area contributed by atoms with Crippen molar-refractivity contribution < 1.29 is 33.8 Å². The Balaban J connectivity index is 1.59. The van der Waals surface area contributed by atoms with E-state index in [9.17, 15) is 19.2 Å². The molecule has 0 aromatic heterocycles. The zero-order chi connectivity index (χ0) is 25.8. The summed E-state index contributed by atoms with van der Waals surface area (Å²) in [5.41, 5.74) is 1.42. The van der Waals surface area contributed by atoms with Crippen molar-refractivity contribution >= 4 is 52.5 Å². The van der Waals surface area contributed by atoms with Gasteiger partial charge in [-0.3, -0.25) is 19.8 Å². The van der Waals surface area contributed by atoms with Crippen LogP contribution in [0.15, 0.2) is 42.0 Å². The van der Waals surface area contributed by atoms with Crippen molar-refractivity contribution in [3.63, 3.8) is 0 Å². The van der Waals surface area contributed by atoms with E-state index in [1.807, 2.05) is 6.92 Å². The maximum absolute atomic E-state index is 13.1. The van der Waals surface area contributed by atoms with Gasteiger partial charge in [-0.1, -0.05) is 25.0 Å². The highest BCUT2D eigenvalue weighted by molar-refractivity contribution is 14.1. The third-order valence-corrected chi connectivity index (χ3v) is 6.85. The number of benzene rings is 2. The van der Waals surface area contributed by atoms with Crippen LogP contribution >= 0.6 is 22.6 Å². The van der Waals surface area contributed by atoms with Crippen LogP contribution in [-0.2, 0) is 16.2 Å². The van der Waals surface area contributed by atoms with Crippen LogP contribution in [0, 0.1) is 3.57 Å². The van der Waals surface area contributed by atoms with Crippen molar-refractivity contribution in [2.75, 3.05) is 6.61 Å². The van der Waals surface area contributed by atoms with E-state index in [1.54, 1.807) is 24.3 Å². The molecule has 1 saturated heterocycles. The lowest BCUT2D eigenvalue weighted by Crippen LogP contribution is -2.57. The molecule has 4 amide bonds. The summed E-state index contributed by atoms with van der Waals surface area (Å²) < 4.78 is 12.5. The van der Waals surface area contributed by atoms with Crippen molar-refractivity contribution in [1.29, 1.82) is 0 Å². The van der Waals surface area contributed by atoms with Crippen LogP contribution in [0.25, 0.3) is 6.08 Å². The zero-order valence-electron chi connectivity index (χ0n) is 19.6. The highest BCUT2D eigenvalue weighted by Crippen LogP contribution is 2.36. The number of urea groups is 1. The topological polar surface area (TPSA) is 122 Å². The molecule has 10 heteroatoms. The molecule has 2 aliphatic rings. The van der Waals surface area contributed by atoms with E-state index in [0.29, 0.717) is 27.2 Å². The number of imide groups is 2. The fourth-order valence-corrected chi connectivity index (χ4v) is 5.09. The van der Waals surface area contributed by atoms with Gasteiger partial charge in [-0.15, -0.1) is 0 Å². The molecular weight excluding hydrogens is 579 g/mol. The average molecular weight is 604 g/mol. The second-order valence-electron chi connectivity index (χ2n) is 8.48. The lowest BCUT2D eigenvalue weighted by atomic mass is 10.0. The van der Waals surface area contributed by atoms with E-state index in [1.165, 1.54) is 23.1 Å². The summed E-state index contributed by atoms with van der Waals surface area (Å²) in [6.07, 6.45) is 4.81. The third kappa shape index (κ3) is 5.53. The van der Waals surface area contributed by atoms with Gasteiger partial charge in [0.15, 0.2) is 11.5 Å². The summed E-state index contributed by atoms with van der Waals surface area (Å²) in [5, 5.41) is 11.3. The number of hydrogen-bond donors (Lipinski definition) is 2. The van der Waals surface area contributed by atoms with E-state index < -0.39 is 23.8 Å². The Hall–Kier alpha value is -3.41. The molecule has 1 aliphatic carbocycles. The second kappa shape index (κ2) is 11.1. The quantitative estimate of drug-likeness (QED) is 0.261. The van der Waals surface area contributed by atoms with Crippen LogP contribution in [0.5, 0.6) is 11.5 Å². The molecular formula is C26H25IN2O7. The molecule has 4 rings (SSSR count). The minimum atomic E-state index is -0.999. The molecule has 0 radical (unpaired) electrons. The van der Waals surface area contributed by atoms with Gasteiger partial charge in [0.25, 0.3) is 11.8 Å². The molecule has 0 unspecified atom stereocenters. The van der Waals surface area contributed by atoms with Gasteiger partial charge in [-0.05, 0) is 83.8 Å². The summed E-state index contributed by atoms with van der Waals surface area (Å²) in [6, 6.07) is 8.95. The molecule has 2 fully saturated rings. The fourth-order valence-electron chi connectivity index (χ4n) is 4.31. The number of nitrogens with one attached hydrogen (secondary N) is 1. The molecule has 0 spiro atoms. The van der Waals surface area contributed by atoms with Crippen LogP contribution in [-0.4, -0.2) is 46.5 Å². The van der Waals surface area contributed by atoms with Gasteiger partial charge in [0, 0.05) is 6.04 Å². The van der Waals surface area contributed by atoms with E-state index in [4.69, 9.17) is 14.6 Å². The van der Waals surface area contributed by atoms with Crippen molar-refractivity contribution in [2.24, 2.45) is 0 Å². The number of carbonyl (C=O) groups excluding carboxylic acids is 3. The predicted molar refractivity (Wildman–Crippen MR) is 139 cm³/mol. The van der Waals surface area contributed by atoms with Gasteiger partial charge in [0.1, 0.15) is 12.2 Å². The summed E-state index contributed by atoms with van der Waals surface area (Å²) in [5.74, 6) is -1.39. The van der Waals surface area contributed by atoms with Gasteiger partial charge >= 0.3 is 12.0 Å². The number of barbiturate groups is 1. The largest absolute Gasteiger partial charge is 0.490 e. The maximum atomic E-state index is 13.1. The van der Waals surface area contributed by atoms with Crippen molar-refractivity contribution in [3.8, 4) is 11.5 Å². The van der Waals surface area contributed by atoms with Gasteiger partial charge in [0.2, 0.25) is 0 Å². The van der Waals surface area contributed by atoms with Gasteiger partial charge in [-0.25, -0.2) is 9.59 Å². The number of nitrogens with zero attached hydrogens (tertiary/aromatic N) is 1. The third-order valence-electron chi connectivity index (χ3n) is 6.05. The number of ether oxygens (including phenoxy) is 2. The molecule has 0 atom stereocenters. The number of halogens is 1. The summed E-state index contributed by atoms with van der Waals surface area (Å²) in [7, 11) is 0. The van der Waals surface area contributed by atoms with Crippen LogP contribution in [0.4, 0.5) is 4.79 Å². The Morgan fingerprint density at radius 2 is 1.83 bits per heavy atom. The van der Waals surface area contributed by atoms with Crippen LogP contribution in [0.3, 0.4) is 0 Å². The van der Waals surface area contributed by atoms with Gasteiger partial charge in [-0.2, -0.15) is 0 Å². The minimum absolute atomic E-state index is 0.105. The zero-order valence-corrected chi connectivity index (χ0v) is 21.7. The fraction of sp³-hybridized carbons (Fsp3) is 0.308. The number of aromatic carboxylic acids is 1. The first-order valence-electron chi connectivity index (χ1n) is 11.6. The highest BCUT2D eigenvalue weighted by Gasteiger charge is 2.40. The van der Waals surface area contributed by atoms with Crippen LogP contribution in [0.2, 0.25) is 0 Å². The second-order valence-corrected chi connectivity index (χ2v) is 9.65. The standard InChI is InChI=1S/C26H25IN2O7/c1-2-35-21-13-16(11-19-23(30)28-26(34)29(24(19)31)18-5-3-4-6-18)12-20(27)22(21)36-14-15-7-9-17(10-8-15)25(32)33/h7-13,18H,2-6,14H2,1H3,(H,32,33)(H,28,30,34)/b19-11+. The normalized spacial score (nSPS) is 17.4. The Bertz CT molecular complexity index is 1230. The average Bonchev–Trinajstić information content (AvgIpc) is 3.36. The maximum Gasteiger partial charge on any atom is 0.335 e. The van der Waals surface area contributed by atoms with E-state index >= 15 is 0 Å². The summed E-state index contributed by atoms with van der Waals surface area (Å²) in [4.78, 5) is 50.2. The molecule has 9 nitrogen and oxygen atoms in total. The molecule has 1 saturated carbocycles. The first-order valence-corrected chi connectivity index (χ1v) is 12.7. The van der Waals surface area contributed by atoms with E-state index in [-0.39, 0.29) is 23.8 Å². The number of carboxylic acid groups (broad SMARTS) is 1. The molecule has 1 heterocycles. The first kappa shape index (κ1) is 25.7. The van der Waals surface area contributed by atoms with Crippen LogP contribution in [0.1, 0.15) is 54.1 Å². The van der Waals surface area contributed by atoms with E-state index in [2.05, 4.69) is 27.9 Å². The van der Waals surface area contributed by atoms with E-state index in [0.717, 1.165) is 31.2 Å². The SMILES string of the molecule is CCOc1cc(/C=C2\C(=O)NC(=O)N(C3CCCC3)C2=O)cc(I)c1OCc1ccc(C(=O)O)cc1. The Morgan fingerprint density at radius 3 is 2.47 bits per heavy atom. The van der Waals surface area contributed by atoms with Crippen LogP contribution < -0.4 is 14.8 Å². The summed E-state index contributed by atoms with van der Waals surface area (Å²) in [6.45, 7) is 2.38. The van der Waals surface area contributed by atoms with Crippen molar-refractivity contribution in [2.45, 2.75) is 45.3 Å². The number of amides is 4. The number of carbonyl (C=O) groups is 4. The minimum Gasteiger partial charge on any atom is -0.490 e. The molecule has 0 bridgehead atoms. The Kier molecular flexibility index (Phi) is 7.92. The predicted octanol–water partition coefficient (Wildman–Crippen LogP) is 4.37. The van der Waals surface area contributed by atoms with Gasteiger partial charge < -0.3 is 14.6 Å². The number of carboxylic acids is 1. The molecule has 2 aromatic rings. The molecule has 1 aliphatic heterocycles. The molecule has 36 heavy (non-hydrogen) atoms. The summed E-state index contributed by atoms with van der Waals surface area (Å²) >= 11 is 2.09. The smallest absolute Gasteiger partial charge is 0.335 e. The first-order chi connectivity index (χ1) is 17.3. The lowest BCUT2D eigenvalue weighted by Gasteiger charge is -2.31. The van der Waals surface area contributed by atoms with Crippen molar-refractivity contribution in [3.05, 3.63) is 62.2 Å². The Morgan fingerprint density at radius 1 is 1.14 bits per heavy atom.